The minimum atomic E-state index is -1.60. The summed E-state index contributed by atoms with van der Waals surface area (Å²) in [6, 6.07) is 3.03. The molecule has 0 fully saturated rings. The van der Waals surface area contributed by atoms with Gasteiger partial charge < -0.3 is 25.4 Å². The van der Waals surface area contributed by atoms with Crippen LogP contribution < -0.4 is 15.2 Å². The first-order valence-electron chi connectivity index (χ1n) is 5.15. The van der Waals surface area contributed by atoms with E-state index in [2.05, 4.69) is 0 Å². The van der Waals surface area contributed by atoms with Gasteiger partial charge in [0.05, 0.1) is 32.0 Å². The maximum atomic E-state index is 10.9. The van der Waals surface area contributed by atoms with Crippen molar-refractivity contribution in [2.24, 2.45) is 0 Å². The van der Waals surface area contributed by atoms with Gasteiger partial charge in [0, 0.05) is 0 Å². The summed E-state index contributed by atoms with van der Waals surface area (Å²) in [7, 11) is 2.72. The lowest BCUT2D eigenvalue weighted by molar-refractivity contribution is 0.120. The highest BCUT2D eigenvalue weighted by Gasteiger charge is 2.24. The number of nitrogens with zero attached hydrogens (tertiary/aromatic N) is 1. The number of hydrogen-bond donors (Lipinski definition) is 3. The van der Waals surface area contributed by atoms with Crippen molar-refractivity contribution in [2.45, 2.75) is 6.54 Å². The molecule has 0 aliphatic carbocycles. The second-order valence-corrected chi connectivity index (χ2v) is 3.52. The van der Waals surface area contributed by atoms with Gasteiger partial charge in [0.15, 0.2) is 0 Å². The Morgan fingerprint density at radius 2 is 1.79 bits per heavy atom. The molecule has 19 heavy (non-hydrogen) atoms. The lowest BCUT2D eigenvalue weighted by Gasteiger charge is -2.19. The van der Waals surface area contributed by atoms with Crippen molar-refractivity contribution >= 4 is 17.9 Å². The second-order valence-electron chi connectivity index (χ2n) is 3.52. The van der Waals surface area contributed by atoms with Crippen LogP contribution in [-0.4, -0.2) is 41.5 Å². The van der Waals surface area contributed by atoms with Crippen molar-refractivity contribution in [3.8, 4) is 11.5 Å². The van der Waals surface area contributed by atoms with E-state index in [1.54, 1.807) is 0 Å². The van der Waals surface area contributed by atoms with Gasteiger partial charge in [-0.1, -0.05) is 0 Å². The molecule has 104 valence electrons. The predicted molar refractivity (Wildman–Crippen MR) is 65.6 cm³/mol. The SMILES string of the molecule is COc1ccc(N)c(OC)c1CN(C(=O)O)C(=O)O. The third-order valence-electron chi connectivity index (χ3n) is 2.45. The number of nitrogens with two attached hydrogens (primary N) is 1. The number of anilines is 1. The molecule has 2 amide bonds. The van der Waals surface area contributed by atoms with Crippen LogP contribution in [0.1, 0.15) is 5.56 Å². The van der Waals surface area contributed by atoms with Gasteiger partial charge in [-0.25, -0.2) is 14.5 Å². The van der Waals surface area contributed by atoms with Crippen LogP contribution in [0.4, 0.5) is 15.3 Å². The van der Waals surface area contributed by atoms with Crippen LogP contribution in [0, 0.1) is 0 Å². The van der Waals surface area contributed by atoms with Crippen molar-refractivity contribution in [3.05, 3.63) is 17.7 Å². The minimum Gasteiger partial charge on any atom is -0.496 e. The zero-order chi connectivity index (χ0) is 14.6. The van der Waals surface area contributed by atoms with Gasteiger partial charge in [0.1, 0.15) is 11.5 Å². The van der Waals surface area contributed by atoms with Crippen molar-refractivity contribution < 1.29 is 29.3 Å². The van der Waals surface area contributed by atoms with E-state index in [0.29, 0.717) is 5.75 Å². The average Bonchev–Trinajstić information content (AvgIpc) is 2.35. The minimum absolute atomic E-state index is 0.187. The summed E-state index contributed by atoms with van der Waals surface area (Å²) in [5.74, 6) is 0.477. The number of rotatable bonds is 4. The molecular formula is C11H14N2O6. The number of benzene rings is 1. The predicted octanol–water partition coefficient (Wildman–Crippen LogP) is 1.44. The van der Waals surface area contributed by atoms with E-state index < -0.39 is 18.7 Å². The maximum absolute atomic E-state index is 10.9. The summed E-state index contributed by atoms with van der Waals surface area (Å²) in [6.45, 7) is -0.442. The van der Waals surface area contributed by atoms with Gasteiger partial charge in [0.2, 0.25) is 0 Å². The summed E-state index contributed by atoms with van der Waals surface area (Å²) in [4.78, 5) is 21.9. The number of ether oxygens (including phenoxy) is 2. The first-order valence-corrected chi connectivity index (χ1v) is 5.15. The quantitative estimate of drug-likeness (QED) is 0.707. The molecule has 0 bridgehead atoms. The molecule has 0 aliphatic heterocycles. The number of hydrogen-bond acceptors (Lipinski definition) is 5. The van der Waals surface area contributed by atoms with Crippen LogP contribution in [-0.2, 0) is 6.54 Å². The van der Waals surface area contributed by atoms with E-state index in [1.807, 2.05) is 0 Å². The largest absolute Gasteiger partial charge is 0.496 e. The van der Waals surface area contributed by atoms with Crippen molar-refractivity contribution in [1.82, 2.24) is 4.90 Å². The number of imide groups is 1. The normalized spacial score (nSPS) is 9.79. The highest BCUT2D eigenvalue weighted by Crippen LogP contribution is 2.34. The van der Waals surface area contributed by atoms with Crippen LogP contribution >= 0.6 is 0 Å². The van der Waals surface area contributed by atoms with Gasteiger partial charge in [-0.05, 0) is 12.1 Å². The van der Waals surface area contributed by atoms with Crippen LogP contribution in [0.2, 0.25) is 0 Å². The third-order valence-corrected chi connectivity index (χ3v) is 2.45. The van der Waals surface area contributed by atoms with E-state index in [-0.39, 0.29) is 21.9 Å². The van der Waals surface area contributed by atoms with E-state index in [4.69, 9.17) is 25.4 Å². The molecule has 8 heteroatoms. The molecular weight excluding hydrogens is 256 g/mol. The molecule has 0 unspecified atom stereocenters. The fraction of sp³-hybridized carbons (Fsp3) is 0.273. The number of amides is 2. The van der Waals surface area contributed by atoms with Crippen LogP contribution in [0.3, 0.4) is 0 Å². The molecule has 0 saturated carbocycles. The van der Waals surface area contributed by atoms with Crippen molar-refractivity contribution in [1.29, 1.82) is 0 Å². The van der Waals surface area contributed by atoms with Gasteiger partial charge in [-0.15, -0.1) is 0 Å². The van der Waals surface area contributed by atoms with E-state index >= 15 is 0 Å². The summed E-state index contributed by atoms with van der Waals surface area (Å²) >= 11 is 0. The van der Waals surface area contributed by atoms with Gasteiger partial charge in [0.25, 0.3) is 0 Å². The summed E-state index contributed by atoms with van der Waals surface area (Å²) in [5, 5.41) is 17.7. The number of carbonyl (C=O) groups is 2. The Labute approximate surface area is 108 Å². The molecule has 0 atom stereocenters. The zero-order valence-electron chi connectivity index (χ0n) is 10.4. The molecule has 1 aromatic carbocycles. The molecule has 4 N–H and O–H groups in total. The first kappa shape index (κ1) is 14.4. The van der Waals surface area contributed by atoms with Crippen molar-refractivity contribution in [2.75, 3.05) is 20.0 Å². The van der Waals surface area contributed by atoms with Crippen LogP contribution in [0.5, 0.6) is 11.5 Å². The fourth-order valence-electron chi connectivity index (χ4n) is 1.59. The van der Waals surface area contributed by atoms with Gasteiger partial charge in [-0.3, -0.25) is 0 Å². The number of nitrogen functional groups attached to an aromatic ring is 1. The third kappa shape index (κ3) is 2.97. The Bertz CT molecular complexity index is 488. The average molecular weight is 270 g/mol. The molecule has 1 aromatic rings. The number of carboxylic acid groups (broad SMARTS) is 2. The highest BCUT2D eigenvalue weighted by molar-refractivity contribution is 5.85. The molecule has 0 aromatic heterocycles. The van der Waals surface area contributed by atoms with E-state index in [0.717, 1.165) is 0 Å². The Morgan fingerprint density at radius 3 is 2.21 bits per heavy atom. The van der Waals surface area contributed by atoms with Crippen LogP contribution in [0.25, 0.3) is 0 Å². The molecule has 0 heterocycles. The van der Waals surface area contributed by atoms with Crippen molar-refractivity contribution in [3.63, 3.8) is 0 Å². The molecule has 0 radical (unpaired) electrons. The Balaban J connectivity index is 3.27. The van der Waals surface area contributed by atoms with Crippen LogP contribution in [0.15, 0.2) is 12.1 Å². The standard InChI is InChI=1S/C11H14N2O6/c1-18-8-4-3-7(12)9(19-2)6(8)5-13(10(14)15)11(16)17/h3-4H,5,12H2,1-2H3,(H,14,15)(H,16,17). The summed E-state index contributed by atoms with van der Waals surface area (Å²) < 4.78 is 10.1. The van der Waals surface area contributed by atoms with E-state index in [9.17, 15) is 9.59 Å². The Morgan fingerprint density at radius 1 is 1.21 bits per heavy atom. The monoisotopic (exact) mass is 270 g/mol. The van der Waals surface area contributed by atoms with Gasteiger partial charge >= 0.3 is 12.2 Å². The second kappa shape index (κ2) is 5.80. The summed E-state index contributed by atoms with van der Waals surface area (Å²) in [6.07, 6.45) is -3.20. The Kier molecular flexibility index (Phi) is 4.41. The zero-order valence-corrected chi connectivity index (χ0v) is 10.4. The Hall–Kier alpha value is -2.64. The first-order chi connectivity index (χ1) is 8.92. The molecule has 8 nitrogen and oxygen atoms in total. The smallest absolute Gasteiger partial charge is 0.417 e. The molecule has 0 aliphatic rings. The molecule has 0 spiro atoms. The highest BCUT2D eigenvalue weighted by atomic mass is 16.5. The molecule has 0 saturated heterocycles. The van der Waals surface area contributed by atoms with Gasteiger partial charge in [-0.2, -0.15) is 0 Å². The molecule has 1 rings (SSSR count). The topological polar surface area (TPSA) is 122 Å². The van der Waals surface area contributed by atoms with E-state index in [1.165, 1.54) is 26.4 Å². The summed E-state index contributed by atoms with van der Waals surface area (Å²) in [5.41, 5.74) is 6.19. The maximum Gasteiger partial charge on any atom is 0.417 e. The lowest BCUT2D eigenvalue weighted by Crippen LogP contribution is -2.34. The number of methoxy groups -OCH3 is 2. The lowest BCUT2D eigenvalue weighted by atomic mass is 10.1. The fourth-order valence-corrected chi connectivity index (χ4v) is 1.59.